The van der Waals surface area contributed by atoms with E-state index in [0.717, 1.165) is 0 Å². The second-order valence-electron chi connectivity index (χ2n) is 0.944. The van der Waals surface area contributed by atoms with Gasteiger partial charge in [0.25, 0.3) is 0 Å². The van der Waals surface area contributed by atoms with Crippen molar-refractivity contribution < 1.29 is 0 Å². The van der Waals surface area contributed by atoms with Crippen LogP contribution in [0.4, 0.5) is 0 Å². The zero-order chi connectivity index (χ0) is 5.54. The van der Waals surface area contributed by atoms with Crippen molar-refractivity contribution in [1.29, 1.82) is 0 Å². The Morgan fingerprint density at radius 2 is 1.43 bits per heavy atom. The molecule has 0 aromatic carbocycles. The second-order valence-corrected chi connectivity index (χ2v) is 7.44. The van der Waals surface area contributed by atoms with E-state index in [9.17, 15) is 0 Å². The molecule has 0 atom stereocenters. The van der Waals surface area contributed by atoms with Gasteiger partial charge in [-0.05, 0) is 0 Å². The molecule has 0 bridgehead atoms. The van der Waals surface area contributed by atoms with Crippen LogP contribution < -0.4 is 9.30 Å². The molecular weight excluding hydrogens is 183 g/mol. The van der Waals surface area contributed by atoms with Gasteiger partial charge in [0.1, 0.15) is 0 Å². The average Bonchev–Trinajstić information content (AvgIpc) is 1.69. The fourth-order valence-corrected chi connectivity index (χ4v) is 4.94. The molecule has 0 aromatic heterocycles. The van der Waals surface area contributed by atoms with Crippen LogP contribution in [0, 0.1) is 0 Å². The van der Waals surface area contributed by atoms with Crippen LogP contribution in [0.15, 0.2) is 0 Å². The summed E-state index contributed by atoms with van der Waals surface area (Å²) in [4.78, 5) is 0. The molecule has 0 saturated carbocycles. The third-order valence-corrected chi connectivity index (χ3v) is 7.35. The van der Waals surface area contributed by atoms with E-state index in [1.54, 1.807) is 0 Å². The Morgan fingerprint density at radius 1 is 1.00 bits per heavy atom. The van der Waals surface area contributed by atoms with Crippen LogP contribution in [0.3, 0.4) is 0 Å². The molecule has 7 heavy (non-hydrogen) atoms. The Kier molecular flexibility index (Phi) is 8.33. The smallest absolute Gasteiger partial charge is 0.189 e. The topological polar surface area (TPSA) is 24.1 Å². The van der Waals surface area contributed by atoms with E-state index in [-0.39, 0.29) is 9.84 Å². The van der Waals surface area contributed by atoms with Gasteiger partial charge in [0.05, 0.1) is 0 Å². The molecule has 44 valence electrons. The molecule has 0 rings (SSSR count). The van der Waals surface area contributed by atoms with Gasteiger partial charge in [0, 0.05) is 0 Å². The largest absolute Gasteiger partial charge is 0.345 e. The molecule has 0 unspecified atom stereocenters. The van der Waals surface area contributed by atoms with Gasteiger partial charge in [-0.2, -0.15) is 22.2 Å². The van der Waals surface area contributed by atoms with Gasteiger partial charge < -0.3 is 9.30 Å². The van der Waals surface area contributed by atoms with Crippen LogP contribution in [-0.2, 0) is 0 Å². The van der Waals surface area contributed by atoms with Gasteiger partial charge in [-0.1, -0.05) is 0 Å². The lowest BCUT2D eigenvalue weighted by Crippen LogP contribution is -2.34. The monoisotopic (exact) mass is 190 g/mol. The molecule has 0 amide bonds. The molecule has 0 aliphatic rings. The molecule has 0 radical (unpaired) electrons. The Bertz CT molecular complexity index is 30.1. The predicted molar refractivity (Wildman–Crippen MR) is 43.6 cm³/mol. The van der Waals surface area contributed by atoms with Gasteiger partial charge in [-0.25, -0.2) is 0 Å². The van der Waals surface area contributed by atoms with Gasteiger partial charge in [0.2, 0.25) is 0 Å². The number of halogens is 2. The fourth-order valence-electron chi connectivity index (χ4n) is 0.183. The standard InChI is InChI=1S/Cl2H8N2Si3/c1-5-3-7-4-6-2/h3-4H,5-7H2. The minimum absolute atomic E-state index is 0.229. The molecule has 0 heterocycles. The molecule has 2 nitrogen and oxygen atoms in total. The normalized spacial score (nSPS) is 14.6. The minimum atomic E-state index is -0.421. The number of rotatable bonds is 4. The quantitative estimate of drug-likeness (QED) is 0.295. The van der Waals surface area contributed by atoms with Crippen molar-refractivity contribution in [1.82, 2.24) is 9.30 Å². The highest BCUT2D eigenvalue weighted by molar-refractivity contribution is 6.97. The van der Waals surface area contributed by atoms with E-state index in [4.69, 9.17) is 22.2 Å². The van der Waals surface area contributed by atoms with E-state index >= 15 is 0 Å². The summed E-state index contributed by atoms with van der Waals surface area (Å²) in [6, 6.07) is 0. The van der Waals surface area contributed by atoms with E-state index in [0.29, 0.717) is 0 Å². The minimum Gasteiger partial charge on any atom is -0.345 e. The highest BCUT2D eigenvalue weighted by Crippen LogP contribution is 1.57. The first kappa shape index (κ1) is 8.15. The number of nitrogens with one attached hydrogen (secondary N) is 2. The zero-order valence-electron chi connectivity index (χ0n) is 3.88. The lowest BCUT2D eigenvalue weighted by Gasteiger charge is -1.94. The number of hydrogen-bond donors (Lipinski definition) is 2. The second kappa shape index (κ2) is 7.15. The molecule has 0 aliphatic carbocycles. The fraction of sp³-hybridized carbons (Fsp3) is 0. The Balaban J connectivity index is 2.45. The molecule has 7 heteroatoms. The summed E-state index contributed by atoms with van der Waals surface area (Å²) in [6.07, 6.45) is 0. The molecule has 0 aromatic rings. The predicted octanol–water partition coefficient (Wildman–Crippen LogP) is -2.36. The molecular formula is H8Cl2N2Si3. The summed E-state index contributed by atoms with van der Waals surface area (Å²) in [5, 5.41) is 0. The van der Waals surface area contributed by atoms with E-state index in [1.807, 2.05) is 0 Å². The van der Waals surface area contributed by atoms with Gasteiger partial charge in [-0.3, -0.25) is 0 Å². The van der Waals surface area contributed by atoms with Crippen molar-refractivity contribution in [3.8, 4) is 0 Å². The van der Waals surface area contributed by atoms with Gasteiger partial charge in [-0.15, -0.1) is 0 Å². The summed E-state index contributed by atoms with van der Waals surface area (Å²) in [7, 11) is -1.07. The Hall–Kier alpha value is 1.15. The molecule has 0 fully saturated rings. The highest BCUT2D eigenvalue weighted by Gasteiger charge is 1.80. The third kappa shape index (κ3) is 7.15. The van der Waals surface area contributed by atoms with E-state index < -0.39 is 18.0 Å². The van der Waals surface area contributed by atoms with Crippen LogP contribution in [0.25, 0.3) is 0 Å². The maximum Gasteiger partial charge on any atom is 0.189 e. The summed E-state index contributed by atoms with van der Waals surface area (Å²) < 4.78 is 6.26. The molecule has 0 spiro atoms. The van der Waals surface area contributed by atoms with Crippen LogP contribution in [0.5, 0.6) is 0 Å². The van der Waals surface area contributed by atoms with E-state index in [2.05, 4.69) is 9.30 Å². The SMILES string of the molecule is Cl[SiH2]N[SiH2]N[SiH2]Cl. The van der Waals surface area contributed by atoms with Crippen molar-refractivity contribution in [2.24, 2.45) is 0 Å². The van der Waals surface area contributed by atoms with Crippen molar-refractivity contribution >= 4 is 50.0 Å². The lowest BCUT2D eigenvalue weighted by atomic mass is 13.8. The summed E-state index contributed by atoms with van der Waals surface area (Å²) in [5.41, 5.74) is 0. The number of hydrogen-bond acceptors (Lipinski definition) is 2. The van der Waals surface area contributed by atoms with Crippen molar-refractivity contribution in [2.75, 3.05) is 0 Å². The van der Waals surface area contributed by atoms with Crippen molar-refractivity contribution in [3.05, 3.63) is 0 Å². The average molecular weight is 191 g/mol. The third-order valence-electron chi connectivity index (χ3n) is 0.439. The van der Waals surface area contributed by atoms with Crippen molar-refractivity contribution in [3.63, 3.8) is 0 Å². The maximum absolute atomic E-state index is 5.43. The van der Waals surface area contributed by atoms with Crippen LogP contribution >= 0.6 is 22.2 Å². The van der Waals surface area contributed by atoms with Crippen LogP contribution in [-0.4, -0.2) is 27.8 Å². The van der Waals surface area contributed by atoms with Crippen LogP contribution in [0.2, 0.25) is 0 Å². The lowest BCUT2D eigenvalue weighted by molar-refractivity contribution is 1.46. The van der Waals surface area contributed by atoms with Crippen molar-refractivity contribution in [2.45, 2.75) is 0 Å². The first-order chi connectivity index (χ1) is 3.41. The molecule has 0 aliphatic heterocycles. The van der Waals surface area contributed by atoms with Gasteiger partial charge in [0.15, 0.2) is 27.8 Å². The molecule has 0 saturated heterocycles. The first-order valence-electron chi connectivity index (χ1n) is 1.95. The summed E-state index contributed by atoms with van der Waals surface area (Å²) >= 11 is 10.9. The van der Waals surface area contributed by atoms with Gasteiger partial charge >= 0.3 is 0 Å². The summed E-state index contributed by atoms with van der Waals surface area (Å²) in [5.74, 6) is 0. The Labute approximate surface area is 59.5 Å². The molecule has 2 N–H and O–H groups in total. The highest BCUT2D eigenvalue weighted by atomic mass is 35.6. The maximum atomic E-state index is 5.43. The zero-order valence-corrected chi connectivity index (χ0v) is 9.63. The van der Waals surface area contributed by atoms with Crippen LogP contribution in [0.1, 0.15) is 0 Å². The Morgan fingerprint density at radius 3 is 1.71 bits per heavy atom. The first-order valence-corrected chi connectivity index (χ1v) is 9.05. The summed E-state index contributed by atoms with van der Waals surface area (Å²) in [6.45, 7) is 0. The van der Waals surface area contributed by atoms with E-state index in [1.165, 1.54) is 0 Å².